The summed E-state index contributed by atoms with van der Waals surface area (Å²) >= 11 is 9.48. The molecular weight excluding hydrogens is 583 g/mol. The van der Waals surface area contributed by atoms with Gasteiger partial charge in [-0.1, -0.05) is 58.2 Å². The van der Waals surface area contributed by atoms with Gasteiger partial charge in [0.25, 0.3) is 10.0 Å². The van der Waals surface area contributed by atoms with Crippen molar-refractivity contribution in [3.63, 3.8) is 0 Å². The van der Waals surface area contributed by atoms with E-state index in [1.165, 1.54) is 48.8 Å². The molecule has 1 heterocycles. The van der Waals surface area contributed by atoms with Crippen molar-refractivity contribution in [3.8, 4) is 5.75 Å². The second kappa shape index (κ2) is 13.7. The number of hydrogen-bond acceptors (Lipinski definition) is 4. The van der Waals surface area contributed by atoms with Gasteiger partial charge in [-0.2, -0.15) is 0 Å². The van der Waals surface area contributed by atoms with Crippen molar-refractivity contribution < 1.29 is 13.2 Å². The van der Waals surface area contributed by atoms with Crippen molar-refractivity contribution >= 4 is 55.6 Å². The van der Waals surface area contributed by atoms with Gasteiger partial charge in [0.1, 0.15) is 5.75 Å². The van der Waals surface area contributed by atoms with Crippen LogP contribution in [-0.2, 0) is 16.6 Å². The molecule has 4 rings (SSSR count). The van der Waals surface area contributed by atoms with Crippen LogP contribution in [0.5, 0.6) is 5.75 Å². The molecule has 0 bridgehead atoms. The molecule has 1 aliphatic rings. The Labute approximate surface area is 234 Å². The van der Waals surface area contributed by atoms with E-state index in [1.54, 1.807) is 24.3 Å². The average Bonchev–Trinajstić information content (AvgIpc) is 2.86. The Balaban J connectivity index is 0.00000361. The van der Waals surface area contributed by atoms with Crippen molar-refractivity contribution in [2.45, 2.75) is 37.1 Å². The summed E-state index contributed by atoms with van der Waals surface area (Å²) in [4.78, 5) is 2.67. The topological polar surface area (TPSA) is 49.9 Å². The Bertz CT molecular complexity index is 1220. The van der Waals surface area contributed by atoms with Crippen molar-refractivity contribution in [3.05, 3.63) is 87.9 Å². The van der Waals surface area contributed by atoms with E-state index in [1.807, 2.05) is 36.4 Å². The van der Waals surface area contributed by atoms with Crippen LogP contribution in [0, 0.1) is 0 Å². The minimum Gasteiger partial charge on any atom is -0.493 e. The number of rotatable bonds is 10. The van der Waals surface area contributed by atoms with Crippen LogP contribution in [-0.4, -0.2) is 39.6 Å². The maximum Gasteiger partial charge on any atom is 0.264 e. The monoisotopic (exact) mass is 612 g/mol. The molecule has 1 saturated heterocycles. The molecule has 0 unspecified atom stereocenters. The number of anilines is 1. The molecule has 0 aromatic heterocycles. The summed E-state index contributed by atoms with van der Waals surface area (Å²) in [5.74, 6) is 0.706. The Morgan fingerprint density at radius 3 is 2.39 bits per heavy atom. The van der Waals surface area contributed by atoms with Gasteiger partial charge in [-0.3, -0.25) is 4.31 Å². The number of likely N-dealkylation sites (tertiary alicyclic amines) is 1. The minimum atomic E-state index is -3.85. The van der Waals surface area contributed by atoms with E-state index in [2.05, 4.69) is 20.8 Å². The Kier molecular flexibility index (Phi) is 10.9. The van der Waals surface area contributed by atoms with Gasteiger partial charge in [0.05, 0.1) is 23.7 Å². The maximum absolute atomic E-state index is 13.7. The van der Waals surface area contributed by atoms with E-state index >= 15 is 0 Å². The molecule has 194 valence electrons. The van der Waals surface area contributed by atoms with Crippen LogP contribution in [0.25, 0.3) is 0 Å². The molecule has 0 N–H and O–H groups in total. The lowest BCUT2D eigenvalue weighted by Crippen LogP contribution is -2.31. The van der Waals surface area contributed by atoms with Gasteiger partial charge in [0, 0.05) is 21.6 Å². The van der Waals surface area contributed by atoms with E-state index in [0.29, 0.717) is 23.1 Å². The third-order valence-corrected chi connectivity index (χ3v) is 8.64. The van der Waals surface area contributed by atoms with Crippen LogP contribution >= 0.6 is 39.9 Å². The molecule has 0 radical (unpaired) electrons. The zero-order chi connectivity index (χ0) is 24.7. The minimum absolute atomic E-state index is 0. The molecule has 0 spiro atoms. The zero-order valence-corrected chi connectivity index (χ0v) is 24.0. The molecule has 9 heteroatoms. The SMILES string of the molecule is Cl.O=S(=O)(c1ccc(Cl)cc1)N(Cc1ccccc1OCCCN1CCCCC1)c1cccc(Br)c1. The Morgan fingerprint density at radius 2 is 1.67 bits per heavy atom. The fourth-order valence-electron chi connectivity index (χ4n) is 4.26. The summed E-state index contributed by atoms with van der Waals surface area (Å²) in [6.45, 7) is 4.09. The number of ether oxygens (including phenoxy) is 1. The molecule has 36 heavy (non-hydrogen) atoms. The number of halogens is 3. The van der Waals surface area contributed by atoms with Crippen LogP contribution in [0.3, 0.4) is 0 Å². The molecule has 1 fully saturated rings. The molecule has 0 atom stereocenters. The average molecular weight is 614 g/mol. The van der Waals surface area contributed by atoms with E-state index in [4.69, 9.17) is 16.3 Å². The third-order valence-electron chi connectivity index (χ3n) is 6.11. The highest BCUT2D eigenvalue weighted by molar-refractivity contribution is 9.10. The van der Waals surface area contributed by atoms with Gasteiger partial charge in [-0.25, -0.2) is 8.42 Å². The number of hydrogen-bond donors (Lipinski definition) is 0. The summed E-state index contributed by atoms with van der Waals surface area (Å²) < 4.78 is 35.8. The highest BCUT2D eigenvalue weighted by atomic mass is 79.9. The highest BCUT2D eigenvalue weighted by Crippen LogP contribution is 2.31. The van der Waals surface area contributed by atoms with Gasteiger partial charge in [-0.15, -0.1) is 12.4 Å². The van der Waals surface area contributed by atoms with Crippen molar-refractivity contribution in [1.29, 1.82) is 0 Å². The van der Waals surface area contributed by atoms with Gasteiger partial charge in [-0.05, 0) is 80.9 Å². The van der Waals surface area contributed by atoms with Crippen molar-refractivity contribution in [2.75, 3.05) is 30.5 Å². The number of nitrogens with zero attached hydrogens (tertiary/aromatic N) is 2. The summed E-state index contributed by atoms with van der Waals surface area (Å²) in [6, 6.07) is 21.2. The molecule has 1 aliphatic heterocycles. The predicted octanol–water partition coefficient (Wildman–Crippen LogP) is 7.17. The lowest BCUT2D eigenvalue weighted by atomic mass is 10.1. The summed E-state index contributed by atoms with van der Waals surface area (Å²) in [6.07, 6.45) is 4.81. The normalized spacial score (nSPS) is 14.2. The fraction of sp³-hybridized carbons (Fsp3) is 0.333. The van der Waals surface area contributed by atoms with Crippen LogP contribution in [0.1, 0.15) is 31.2 Å². The molecule has 0 aliphatic carbocycles. The Morgan fingerprint density at radius 1 is 0.944 bits per heavy atom. The first kappa shape index (κ1) is 28.8. The molecule has 0 amide bonds. The maximum atomic E-state index is 13.7. The van der Waals surface area contributed by atoms with E-state index in [0.717, 1.165) is 23.0 Å². The van der Waals surface area contributed by atoms with Gasteiger partial charge >= 0.3 is 0 Å². The lowest BCUT2D eigenvalue weighted by Gasteiger charge is -2.27. The van der Waals surface area contributed by atoms with Crippen molar-refractivity contribution in [2.24, 2.45) is 0 Å². The molecule has 0 saturated carbocycles. The molecule has 5 nitrogen and oxygen atoms in total. The number of piperidine rings is 1. The Hall–Kier alpha value is -1.77. The second-order valence-corrected chi connectivity index (χ2v) is 11.9. The predicted molar refractivity (Wildman–Crippen MR) is 153 cm³/mol. The number of para-hydroxylation sites is 1. The first-order valence-electron chi connectivity index (χ1n) is 11.9. The van der Waals surface area contributed by atoms with E-state index in [9.17, 15) is 8.42 Å². The fourth-order valence-corrected chi connectivity index (χ4v) is 6.21. The van der Waals surface area contributed by atoms with Crippen LogP contribution in [0.4, 0.5) is 5.69 Å². The van der Waals surface area contributed by atoms with Crippen LogP contribution < -0.4 is 9.04 Å². The summed E-state index contributed by atoms with van der Waals surface area (Å²) in [7, 11) is -3.85. The quantitative estimate of drug-likeness (QED) is 0.227. The van der Waals surface area contributed by atoms with Gasteiger partial charge in [0.15, 0.2) is 0 Å². The summed E-state index contributed by atoms with van der Waals surface area (Å²) in [5, 5.41) is 0.487. The van der Waals surface area contributed by atoms with Crippen LogP contribution in [0.15, 0.2) is 82.2 Å². The van der Waals surface area contributed by atoms with Crippen molar-refractivity contribution in [1.82, 2.24) is 4.90 Å². The standard InChI is InChI=1S/C27H30BrClN2O3S.ClH/c28-23-9-6-10-25(20-23)31(35(32,33)26-14-12-24(29)13-15-26)21-22-8-2-3-11-27(22)34-19-7-18-30-16-4-1-5-17-30;/h2-3,6,8-15,20H,1,4-5,7,16-19,21H2;1H. The third kappa shape index (κ3) is 7.62. The zero-order valence-electron chi connectivity index (χ0n) is 20.0. The van der Waals surface area contributed by atoms with Gasteiger partial charge in [0.2, 0.25) is 0 Å². The number of sulfonamides is 1. The highest BCUT2D eigenvalue weighted by Gasteiger charge is 2.26. The van der Waals surface area contributed by atoms with E-state index in [-0.39, 0.29) is 23.8 Å². The molecule has 3 aromatic rings. The molecular formula is C27H31BrCl2N2O3S. The van der Waals surface area contributed by atoms with E-state index < -0.39 is 10.0 Å². The van der Waals surface area contributed by atoms with Gasteiger partial charge < -0.3 is 9.64 Å². The number of benzene rings is 3. The first-order chi connectivity index (χ1) is 16.9. The molecule has 3 aromatic carbocycles. The largest absolute Gasteiger partial charge is 0.493 e. The smallest absolute Gasteiger partial charge is 0.264 e. The summed E-state index contributed by atoms with van der Waals surface area (Å²) in [5.41, 5.74) is 1.37. The lowest BCUT2D eigenvalue weighted by molar-refractivity contribution is 0.204. The van der Waals surface area contributed by atoms with Crippen LogP contribution in [0.2, 0.25) is 5.02 Å². The first-order valence-corrected chi connectivity index (χ1v) is 14.5. The second-order valence-electron chi connectivity index (χ2n) is 8.66.